The molecule has 0 radical (unpaired) electrons. The molecule has 102 valence electrons. The summed E-state index contributed by atoms with van der Waals surface area (Å²) >= 11 is 3.23. The second kappa shape index (κ2) is 6.12. The van der Waals surface area contributed by atoms with E-state index in [0.717, 1.165) is 25.8 Å². The van der Waals surface area contributed by atoms with E-state index in [1.807, 2.05) is 0 Å². The third-order valence-electron chi connectivity index (χ3n) is 3.05. The van der Waals surface area contributed by atoms with Crippen LogP contribution < -0.4 is 10.6 Å². The third-order valence-corrected chi connectivity index (χ3v) is 3.70. The normalized spacial score (nSPS) is 18.9. The van der Waals surface area contributed by atoms with Crippen LogP contribution in [0.3, 0.4) is 0 Å². The summed E-state index contributed by atoms with van der Waals surface area (Å²) in [6.07, 6.45) is 2.94. The van der Waals surface area contributed by atoms with E-state index in [9.17, 15) is 14.9 Å². The first-order valence-corrected chi connectivity index (χ1v) is 6.85. The van der Waals surface area contributed by atoms with E-state index in [-0.39, 0.29) is 17.6 Å². The molecule has 19 heavy (non-hydrogen) atoms. The number of amides is 1. The highest BCUT2D eigenvalue weighted by Crippen LogP contribution is 2.27. The maximum Gasteiger partial charge on any atom is 0.270 e. The number of nitrogens with one attached hydrogen (secondary N) is 2. The number of hydrogen-bond acceptors (Lipinski definition) is 4. The summed E-state index contributed by atoms with van der Waals surface area (Å²) in [5, 5.41) is 16.5. The van der Waals surface area contributed by atoms with Gasteiger partial charge in [0.2, 0.25) is 5.91 Å². The molecule has 6 nitrogen and oxygen atoms in total. The lowest BCUT2D eigenvalue weighted by Crippen LogP contribution is -2.43. The standard InChI is InChI=1S/C12H14BrN3O3/c13-9-7-8(16(18)19)4-5-10(9)15-12(17)11-3-1-2-6-14-11/h4-5,7,11,14H,1-3,6H2,(H,15,17)/t11-/m1/s1. The number of carbonyl (C=O) groups excluding carboxylic acids is 1. The number of non-ortho nitro benzene ring substituents is 1. The Morgan fingerprint density at radius 3 is 2.84 bits per heavy atom. The maximum atomic E-state index is 12.0. The summed E-state index contributed by atoms with van der Waals surface area (Å²) in [6, 6.07) is 4.09. The highest BCUT2D eigenvalue weighted by Gasteiger charge is 2.21. The molecule has 1 heterocycles. The lowest BCUT2D eigenvalue weighted by molar-refractivity contribution is -0.384. The van der Waals surface area contributed by atoms with Crippen molar-refractivity contribution in [1.82, 2.24) is 5.32 Å². The average molecular weight is 328 g/mol. The highest BCUT2D eigenvalue weighted by molar-refractivity contribution is 9.10. The summed E-state index contributed by atoms with van der Waals surface area (Å²) in [7, 11) is 0. The molecule has 1 aliphatic rings. The van der Waals surface area contributed by atoms with Gasteiger partial charge in [-0.2, -0.15) is 0 Å². The Bertz CT molecular complexity index is 501. The molecule has 0 saturated carbocycles. The van der Waals surface area contributed by atoms with Crippen LogP contribution in [-0.4, -0.2) is 23.4 Å². The van der Waals surface area contributed by atoms with Gasteiger partial charge in [0.25, 0.3) is 5.69 Å². The molecule has 0 aromatic heterocycles. The zero-order valence-corrected chi connectivity index (χ0v) is 11.8. The second-order valence-corrected chi connectivity index (χ2v) is 5.27. The predicted molar refractivity (Wildman–Crippen MR) is 75.1 cm³/mol. The van der Waals surface area contributed by atoms with Crippen LogP contribution in [0, 0.1) is 10.1 Å². The Labute approximate surface area is 118 Å². The van der Waals surface area contributed by atoms with E-state index >= 15 is 0 Å². The van der Waals surface area contributed by atoms with Crippen LogP contribution >= 0.6 is 15.9 Å². The topological polar surface area (TPSA) is 84.3 Å². The summed E-state index contributed by atoms with van der Waals surface area (Å²) in [4.78, 5) is 22.2. The zero-order valence-electron chi connectivity index (χ0n) is 10.2. The fraction of sp³-hybridized carbons (Fsp3) is 0.417. The summed E-state index contributed by atoms with van der Waals surface area (Å²) < 4.78 is 0.505. The van der Waals surface area contributed by atoms with Crippen molar-refractivity contribution in [3.8, 4) is 0 Å². The van der Waals surface area contributed by atoms with Gasteiger partial charge in [-0.3, -0.25) is 14.9 Å². The van der Waals surface area contributed by atoms with E-state index in [1.54, 1.807) is 0 Å². The maximum absolute atomic E-state index is 12.0. The summed E-state index contributed by atoms with van der Waals surface area (Å²) in [5.41, 5.74) is 0.531. The van der Waals surface area contributed by atoms with Crippen molar-refractivity contribution in [2.24, 2.45) is 0 Å². The van der Waals surface area contributed by atoms with Crippen LogP contribution in [0.1, 0.15) is 19.3 Å². The molecular weight excluding hydrogens is 314 g/mol. The molecule has 7 heteroatoms. The molecule has 1 saturated heterocycles. The third kappa shape index (κ3) is 3.51. The smallest absolute Gasteiger partial charge is 0.270 e. The van der Waals surface area contributed by atoms with Crippen molar-refractivity contribution in [1.29, 1.82) is 0 Å². The van der Waals surface area contributed by atoms with Crippen LogP contribution in [0.4, 0.5) is 11.4 Å². The van der Waals surface area contributed by atoms with E-state index in [4.69, 9.17) is 0 Å². The molecule has 1 fully saturated rings. The minimum Gasteiger partial charge on any atom is -0.324 e. The van der Waals surface area contributed by atoms with Crippen molar-refractivity contribution in [2.45, 2.75) is 25.3 Å². The molecular formula is C12H14BrN3O3. The average Bonchev–Trinajstić information content (AvgIpc) is 2.41. The summed E-state index contributed by atoms with van der Waals surface area (Å²) in [5.74, 6) is -0.103. The van der Waals surface area contributed by atoms with Crippen molar-refractivity contribution in [3.63, 3.8) is 0 Å². The number of nitrogens with zero attached hydrogens (tertiary/aromatic N) is 1. The van der Waals surface area contributed by atoms with Crippen LogP contribution in [0.2, 0.25) is 0 Å². The minimum atomic E-state index is -0.473. The molecule has 2 rings (SSSR count). The molecule has 0 bridgehead atoms. The monoisotopic (exact) mass is 327 g/mol. The van der Waals surface area contributed by atoms with Gasteiger partial charge in [0.05, 0.1) is 16.7 Å². The molecule has 0 aliphatic carbocycles. The van der Waals surface area contributed by atoms with E-state index in [1.165, 1.54) is 18.2 Å². The van der Waals surface area contributed by atoms with Gasteiger partial charge >= 0.3 is 0 Å². The fourth-order valence-corrected chi connectivity index (χ4v) is 2.48. The number of halogens is 1. The Morgan fingerprint density at radius 2 is 2.26 bits per heavy atom. The first-order valence-electron chi connectivity index (χ1n) is 6.06. The van der Waals surface area contributed by atoms with Gasteiger partial charge in [-0.1, -0.05) is 6.42 Å². The quantitative estimate of drug-likeness (QED) is 0.659. The minimum absolute atomic E-state index is 0.0133. The SMILES string of the molecule is O=C(Nc1ccc([N+](=O)[O-])cc1Br)[C@H]1CCCCN1. The van der Waals surface area contributed by atoms with Crippen LogP contribution in [0.25, 0.3) is 0 Å². The van der Waals surface area contributed by atoms with Gasteiger partial charge in [-0.05, 0) is 41.4 Å². The number of piperidine rings is 1. The molecule has 1 aromatic carbocycles. The molecule has 0 unspecified atom stereocenters. The number of benzene rings is 1. The second-order valence-electron chi connectivity index (χ2n) is 4.41. The predicted octanol–water partition coefficient (Wildman–Crippen LogP) is 2.44. The van der Waals surface area contributed by atoms with Gasteiger partial charge in [0, 0.05) is 16.6 Å². The Kier molecular flexibility index (Phi) is 4.49. The number of rotatable bonds is 3. The first kappa shape index (κ1) is 14.0. The largest absolute Gasteiger partial charge is 0.324 e. The summed E-state index contributed by atoms with van der Waals surface area (Å²) in [6.45, 7) is 0.847. The Morgan fingerprint density at radius 1 is 1.47 bits per heavy atom. The first-order chi connectivity index (χ1) is 9.08. The van der Waals surface area contributed by atoms with Crippen molar-refractivity contribution >= 4 is 33.2 Å². The van der Waals surface area contributed by atoms with Crippen LogP contribution in [0.5, 0.6) is 0 Å². The number of nitro benzene ring substituents is 1. The Hall–Kier alpha value is -1.47. The van der Waals surface area contributed by atoms with Gasteiger partial charge in [0.15, 0.2) is 0 Å². The number of anilines is 1. The van der Waals surface area contributed by atoms with Crippen molar-refractivity contribution in [3.05, 3.63) is 32.8 Å². The van der Waals surface area contributed by atoms with Crippen LogP contribution in [0.15, 0.2) is 22.7 Å². The number of hydrogen-bond donors (Lipinski definition) is 2. The molecule has 0 spiro atoms. The van der Waals surface area contributed by atoms with E-state index in [0.29, 0.717) is 10.2 Å². The molecule has 1 amide bonds. The Balaban J connectivity index is 2.06. The van der Waals surface area contributed by atoms with Crippen LogP contribution in [-0.2, 0) is 4.79 Å². The lowest BCUT2D eigenvalue weighted by atomic mass is 10.0. The molecule has 1 atom stereocenters. The molecule has 2 N–H and O–H groups in total. The van der Waals surface area contributed by atoms with E-state index in [2.05, 4.69) is 26.6 Å². The zero-order chi connectivity index (χ0) is 13.8. The van der Waals surface area contributed by atoms with Crippen molar-refractivity contribution in [2.75, 3.05) is 11.9 Å². The van der Waals surface area contributed by atoms with Gasteiger partial charge < -0.3 is 10.6 Å². The number of nitro groups is 1. The van der Waals surface area contributed by atoms with Gasteiger partial charge in [0.1, 0.15) is 0 Å². The number of carbonyl (C=O) groups is 1. The fourth-order valence-electron chi connectivity index (χ4n) is 2.01. The van der Waals surface area contributed by atoms with E-state index < -0.39 is 4.92 Å². The van der Waals surface area contributed by atoms with Gasteiger partial charge in [-0.25, -0.2) is 0 Å². The van der Waals surface area contributed by atoms with Crippen molar-refractivity contribution < 1.29 is 9.72 Å². The highest BCUT2D eigenvalue weighted by atomic mass is 79.9. The van der Waals surface area contributed by atoms with Gasteiger partial charge in [-0.15, -0.1) is 0 Å². The molecule has 1 aromatic rings. The lowest BCUT2D eigenvalue weighted by Gasteiger charge is -2.22. The molecule has 1 aliphatic heterocycles.